The van der Waals surface area contributed by atoms with Crippen LogP contribution in [0.5, 0.6) is 0 Å². The molecule has 0 N–H and O–H groups in total. The Bertz CT molecular complexity index is 648. The molecule has 2 nitrogen and oxygen atoms in total. The Kier molecular flexibility index (Phi) is 4.33. The molecule has 0 aliphatic heterocycles. The molecule has 114 valence electrons. The lowest BCUT2D eigenvalue weighted by molar-refractivity contribution is 0.145. The number of hydrogen-bond acceptors (Lipinski definition) is 1. The van der Waals surface area contributed by atoms with E-state index in [1.54, 1.807) is 0 Å². The highest BCUT2D eigenvalue weighted by atomic mass is 79.9. The standard InChI is InChI=1S/C17H22BrClN2/c1-17(2)9-4-3-5-15(17)21-14-7-6-12(18)11-13(14)20-16(21)8-10-19/h6-7,11,15H,3-5,8-10H2,1-2H3. The third-order valence-corrected chi connectivity index (χ3v) is 5.49. The van der Waals surface area contributed by atoms with Gasteiger partial charge in [0.25, 0.3) is 0 Å². The molecule has 1 saturated carbocycles. The molecule has 1 aromatic heterocycles. The Morgan fingerprint density at radius 2 is 2.19 bits per heavy atom. The highest BCUT2D eigenvalue weighted by molar-refractivity contribution is 9.10. The fourth-order valence-electron chi connectivity index (χ4n) is 3.68. The monoisotopic (exact) mass is 368 g/mol. The molecule has 1 aliphatic rings. The van der Waals surface area contributed by atoms with Crippen molar-refractivity contribution in [3.05, 3.63) is 28.5 Å². The summed E-state index contributed by atoms with van der Waals surface area (Å²) in [4.78, 5) is 4.85. The molecule has 1 aliphatic carbocycles. The lowest BCUT2D eigenvalue weighted by atomic mass is 9.73. The van der Waals surface area contributed by atoms with Crippen LogP contribution in [0.3, 0.4) is 0 Å². The minimum absolute atomic E-state index is 0.319. The van der Waals surface area contributed by atoms with Crippen LogP contribution in [0.4, 0.5) is 0 Å². The summed E-state index contributed by atoms with van der Waals surface area (Å²) in [6.07, 6.45) is 6.01. The van der Waals surface area contributed by atoms with Gasteiger partial charge in [0.15, 0.2) is 0 Å². The van der Waals surface area contributed by atoms with Crippen LogP contribution in [0, 0.1) is 5.41 Å². The summed E-state index contributed by atoms with van der Waals surface area (Å²) in [6.45, 7) is 4.79. The Balaban J connectivity index is 2.16. The van der Waals surface area contributed by atoms with Gasteiger partial charge in [-0.2, -0.15) is 0 Å². The van der Waals surface area contributed by atoms with E-state index in [1.807, 2.05) is 0 Å². The van der Waals surface area contributed by atoms with Gasteiger partial charge in [0.2, 0.25) is 0 Å². The van der Waals surface area contributed by atoms with Gasteiger partial charge in [-0.05, 0) is 36.5 Å². The maximum absolute atomic E-state index is 6.01. The number of hydrogen-bond donors (Lipinski definition) is 0. The van der Waals surface area contributed by atoms with Crippen molar-refractivity contribution in [2.75, 3.05) is 5.88 Å². The molecule has 0 bridgehead atoms. The molecule has 0 radical (unpaired) electrons. The molecule has 1 unspecified atom stereocenters. The van der Waals surface area contributed by atoms with E-state index in [-0.39, 0.29) is 0 Å². The number of benzene rings is 1. The molecule has 0 amide bonds. The van der Waals surface area contributed by atoms with Gasteiger partial charge in [-0.15, -0.1) is 11.6 Å². The van der Waals surface area contributed by atoms with E-state index in [9.17, 15) is 0 Å². The number of halogens is 2. The minimum Gasteiger partial charge on any atom is -0.324 e. The van der Waals surface area contributed by atoms with Crippen LogP contribution in [0.2, 0.25) is 0 Å². The highest BCUT2D eigenvalue weighted by Gasteiger charge is 2.35. The number of aromatic nitrogens is 2. The van der Waals surface area contributed by atoms with E-state index >= 15 is 0 Å². The van der Waals surface area contributed by atoms with Gasteiger partial charge in [-0.3, -0.25) is 0 Å². The topological polar surface area (TPSA) is 17.8 Å². The summed E-state index contributed by atoms with van der Waals surface area (Å²) < 4.78 is 3.56. The van der Waals surface area contributed by atoms with Crippen LogP contribution in [0.25, 0.3) is 11.0 Å². The Morgan fingerprint density at radius 1 is 1.38 bits per heavy atom. The molecule has 0 saturated heterocycles. The molecule has 1 fully saturated rings. The normalized spacial score (nSPS) is 21.8. The van der Waals surface area contributed by atoms with Crippen LogP contribution in [0.15, 0.2) is 22.7 Å². The molecule has 1 atom stereocenters. The first-order valence-corrected chi connectivity index (χ1v) is 9.08. The number of aryl methyl sites for hydroxylation is 1. The van der Waals surface area contributed by atoms with Crippen molar-refractivity contribution in [3.8, 4) is 0 Å². The molecular weight excluding hydrogens is 348 g/mol. The van der Waals surface area contributed by atoms with Gasteiger partial charge in [-0.1, -0.05) is 42.6 Å². The maximum Gasteiger partial charge on any atom is 0.111 e. The zero-order valence-corrected chi connectivity index (χ0v) is 15.0. The van der Waals surface area contributed by atoms with Gasteiger partial charge in [0, 0.05) is 22.8 Å². The van der Waals surface area contributed by atoms with Crippen molar-refractivity contribution >= 4 is 38.6 Å². The lowest BCUT2D eigenvalue weighted by Gasteiger charge is -2.40. The van der Waals surface area contributed by atoms with Crippen LogP contribution in [-0.2, 0) is 6.42 Å². The lowest BCUT2D eigenvalue weighted by Crippen LogP contribution is -2.31. The predicted molar refractivity (Wildman–Crippen MR) is 93.1 cm³/mol. The summed E-state index contributed by atoms with van der Waals surface area (Å²) in [6, 6.07) is 6.94. The van der Waals surface area contributed by atoms with Crippen molar-refractivity contribution in [2.24, 2.45) is 5.41 Å². The largest absolute Gasteiger partial charge is 0.324 e. The molecule has 1 aromatic carbocycles. The van der Waals surface area contributed by atoms with Crippen molar-refractivity contribution in [3.63, 3.8) is 0 Å². The van der Waals surface area contributed by atoms with E-state index in [0.717, 1.165) is 22.2 Å². The zero-order chi connectivity index (χ0) is 15.0. The first kappa shape index (κ1) is 15.4. The fourth-order valence-corrected chi connectivity index (χ4v) is 4.20. The predicted octanol–water partition coefficient (Wildman–Crippen LogP) is 5.72. The van der Waals surface area contributed by atoms with Crippen LogP contribution in [0.1, 0.15) is 51.4 Å². The smallest absolute Gasteiger partial charge is 0.111 e. The Hall–Kier alpha value is -0.540. The number of imidazole rings is 1. The van der Waals surface area contributed by atoms with Crippen LogP contribution < -0.4 is 0 Å². The first-order valence-electron chi connectivity index (χ1n) is 7.75. The fraction of sp³-hybridized carbons (Fsp3) is 0.588. The molecular formula is C17H22BrClN2. The molecule has 0 spiro atoms. The van der Waals surface area contributed by atoms with E-state index in [0.29, 0.717) is 17.3 Å². The van der Waals surface area contributed by atoms with Gasteiger partial charge in [0.1, 0.15) is 5.82 Å². The maximum atomic E-state index is 6.01. The number of nitrogens with zero attached hydrogens (tertiary/aromatic N) is 2. The second-order valence-corrected chi connectivity index (χ2v) is 8.01. The quantitative estimate of drug-likeness (QED) is 0.632. The second-order valence-electron chi connectivity index (χ2n) is 6.72. The molecule has 2 aromatic rings. The van der Waals surface area contributed by atoms with E-state index in [2.05, 4.69) is 52.5 Å². The number of fused-ring (bicyclic) bond motifs is 1. The molecule has 1 heterocycles. The Labute approximate surface area is 140 Å². The zero-order valence-electron chi connectivity index (χ0n) is 12.7. The second kappa shape index (κ2) is 5.92. The third kappa shape index (κ3) is 2.87. The third-order valence-electron chi connectivity index (χ3n) is 4.81. The number of alkyl halides is 1. The Morgan fingerprint density at radius 3 is 2.90 bits per heavy atom. The van der Waals surface area contributed by atoms with Gasteiger partial charge >= 0.3 is 0 Å². The average molecular weight is 370 g/mol. The summed E-state index contributed by atoms with van der Waals surface area (Å²) in [5.74, 6) is 1.76. The molecule has 21 heavy (non-hydrogen) atoms. The SMILES string of the molecule is CC1(C)CCCCC1n1c(CCCl)nc2cc(Br)ccc21. The van der Waals surface area contributed by atoms with Crippen molar-refractivity contribution < 1.29 is 0 Å². The summed E-state index contributed by atoms with van der Waals surface area (Å²) >= 11 is 9.56. The van der Waals surface area contributed by atoms with E-state index < -0.39 is 0 Å². The summed E-state index contributed by atoms with van der Waals surface area (Å²) in [5.41, 5.74) is 2.64. The number of rotatable bonds is 3. The molecule has 4 heteroatoms. The van der Waals surface area contributed by atoms with Crippen molar-refractivity contribution in [1.29, 1.82) is 0 Å². The van der Waals surface area contributed by atoms with Gasteiger partial charge in [-0.25, -0.2) is 4.98 Å². The average Bonchev–Trinajstić information content (AvgIpc) is 2.76. The summed E-state index contributed by atoms with van der Waals surface area (Å²) in [5, 5.41) is 0. The van der Waals surface area contributed by atoms with Gasteiger partial charge in [0.05, 0.1) is 11.0 Å². The highest BCUT2D eigenvalue weighted by Crippen LogP contribution is 2.45. The molecule has 3 rings (SSSR count). The van der Waals surface area contributed by atoms with Gasteiger partial charge < -0.3 is 4.57 Å². The van der Waals surface area contributed by atoms with E-state index in [4.69, 9.17) is 16.6 Å². The van der Waals surface area contributed by atoms with Crippen LogP contribution >= 0.6 is 27.5 Å². The van der Waals surface area contributed by atoms with E-state index in [1.165, 1.54) is 31.2 Å². The van der Waals surface area contributed by atoms with Crippen LogP contribution in [-0.4, -0.2) is 15.4 Å². The van der Waals surface area contributed by atoms with Crippen molar-refractivity contribution in [2.45, 2.75) is 52.0 Å². The summed E-state index contributed by atoms with van der Waals surface area (Å²) in [7, 11) is 0. The minimum atomic E-state index is 0.319. The first-order chi connectivity index (χ1) is 10.0. The van der Waals surface area contributed by atoms with Crippen molar-refractivity contribution in [1.82, 2.24) is 9.55 Å².